The zero-order valence-corrected chi connectivity index (χ0v) is 35.2. The molecule has 1 aliphatic carbocycles. The second-order valence-corrected chi connectivity index (χ2v) is 17.5. The van der Waals surface area contributed by atoms with Crippen LogP contribution >= 0.6 is 12.2 Å². The van der Waals surface area contributed by atoms with E-state index in [2.05, 4.69) is 39.5 Å². The number of aryl methyl sites for hydroxylation is 1. The number of imide groups is 1. The van der Waals surface area contributed by atoms with E-state index >= 15 is 0 Å². The number of pyridine rings is 1. The summed E-state index contributed by atoms with van der Waals surface area (Å²) in [6.07, 6.45) is 2.68. The molecule has 4 fully saturated rings. The van der Waals surface area contributed by atoms with E-state index in [0.29, 0.717) is 35.8 Å². The van der Waals surface area contributed by atoms with Gasteiger partial charge in [0.15, 0.2) is 10.8 Å². The number of para-hydroxylation sites is 1. The number of anilines is 2. The zero-order chi connectivity index (χ0) is 43.3. The standard InChI is InChI=1S/C42H50F3N9O5S/c1-23-17-28(18-24(2)52(23)22-35(56)48-32-8-6-7-29-36(50-51(5)37(29)32)30-13-14-34(55)49-38(30)57)59-16-15-25-9-11-26(12-10-25)54-40(60)53(39(58)41(54,3)4)27-19-31(42(43,44)45)33(20-46)47-21-27/h6-8,19,21,23-26,28,30H,9-18,22H2,1-5H3,(H,48,56)(H,49,55,57)/t23-,24+,25-,26-,28+,30?. The molecule has 0 bridgehead atoms. The highest BCUT2D eigenvalue weighted by atomic mass is 32.1. The van der Waals surface area contributed by atoms with E-state index in [4.69, 9.17) is 17.0 Å². The normalized spacial score (nSPS) is 26.4. The smallest absolute Gasteiger partial charge is 0.378 e. The Kier molecular flexibility index (Phi) is 12.1. The van der Waals surface area contributed by atoms with Gasteiger partial charge in [-0.1, -0.05) is 12.1 Å². The fraction of sp³-hybridized carbons (Fsp3) is 0.571. The summed E-state index contributed by atoms with van der Waals surface area (Å²) in [4.78, 5) is 60.3. The highest BCUT2D eigenvalue weighted by Gasteiger charge is 2.53. The van der Waals surface area contributed by atoms with Crippen LogP contribution in [0.25, 0.3) is 10.9 Å². The Morgan fingerprint density at radius 1 is 1.10 bits per heavy atom. The molecule has 4 amide bonds. The number of nitriles is 1. The number of benzene rings is 1. The van der Waals surface area contributed by atoms with Crippen LogP contribution in [0, 0.1) is 17.2 Å². The van der Waals surface area contributed by atoms with Gasteiger partial charge in [0.1, 0.15) is 11.6 Å². The molecule has 4 atom stereocenters. The molecule has 14 nitrogen and oxygen atoms in total. The fourth-order valence-electron chi connectivity index (χ4n) is 9.67. The summed E-state index contributed by atoms with van der Waals surface area (Å²) in [5.41, 5.74) is -1.28. The number of halogens is 3. The third-order valence-electron chi connectivity index (χ3n) is 12.7. The predicted octanol–water partition coefficient (Wildman–Crippen LogP) is 5.94. The molecule has 2 N–H and O–H groups in total. The maximum atomic E-state index is 13.7. The first-order chi connectivity index (χ1) is 28.4. The number of hydrogen-bond acceptors (Lipinski definition) is 10. The number of piperidine rings is 2. The second-order valence-electron chi connectivity index (χ2n) is 17.1. The van der Waals surface area contributed by atoms with E-state index in [1.165, 1.54) is 6.07 Å². The van der Waals surface area contributed by atoms with Gasteiger partial charge in [-0.25, -0.2) is 4.98 Å². The van der Waals surface area contributed by atoms with Crippen molar-refractivity contribution in [2.24, 2.45) is 13.0 Å². The first kappa shape index (κ1) is 43.1. The maximum absolute atomic E-state index is 13.7. The van der Waals surface area contributed by atoms with Gasteiger partial charge in [0, 0.05) is 43.6 Å². The molecule has 3 saturated heterocycles. The van der Waals surface area contributed by atoms with Crippen molar-refractivity contribution in [3.05, 3.63) is 47.4 Å². The van der Waals surface area contributed by atoms with Crippen LogP contribution in [-0.2, 0) is 37.1 Å². The zero-order valence-electron chi connectivity index (χ0n) is 34.3. The van der Waals surface area contributed by atoms with Crippen molar-refractivity contribution in [1.29, 1.82) is 5.26 Å². The minimum Gasteiger partial charge on any atom is -0.378 e. The Labute approximate surface area is 351 Å². The Morgan fingerprint density at radius 3 is 2.45 bits per heavy atom. The molecular weight excluding hydrogens is 800 g/mol. The molecule has 2 aromatic heterocycles. The van der Waals surface area contributed by atoms with Crippen LogP contribution in [0.15, 0.2) is 30.5 Å². The molecular formula is C42H50F3N9O5S. The van der Waals surface area contributed by atoms with Crippen molar-refractivity contribution in [3.63, 3.8) is 0 Å². The van der Waals surface area contributed by atoms with E-state index in [1.54, 1.807) is 25.6 Å². The van der Waals surface area contributed by atoms with Gasteiger partial charge in [-0.15, -0.1) is 0 Å². The summed E-state index contributed by atoms with van der Waals surface area (Å²) in [5, 5.41) is 20.2. The quantitative estimate of drug-likeness (QED) is 0.183. The van der Waals surface area contributed by atoms with Crippen LogP contribution in [0.2, 0.25) is 0 Å². The van der Waals surface area contributed by atoms with Crippen molar-refractivity contribution in [2.45, 2.75) is 127 Å². The van der Waals surface area contributed by atoms with E-state index in [9.17, 15) is 37.6 Å². The lowest BCUT2D eigenvalue weighted by Gasteiger charge is -2.42. The largest absolute Gasteiger partial charge is 0.419 e. The number of alkyl halides is 3. The molecule has 18 heteroatoms. The van der Waals surface area contributed by atoms with Crippen LogP contribution in [0.3, 0.4) is 0 Å². The van der Waals surface area contributed by atoms with Crippen molar-refractivity contribution in [1.82, 2.24) is 29.9 Å². The summed E-state index contributed by atoms with van der Waals surface area (Å²) in [6.45, 7) is 8.48. The molecule has 3 aromatic rings. The Hall–Kier alpha value is -4.99. The molecule has 1 aromatic carbocycles. The molecule has 60 heavy (non-hydrogen) atoms. The van der Waals surface area contributed by atoms with Crippen LogP contribution in [0.1, 0.15) is 108 Å². The first-order valence-corrected chi connectivity index (χ1v) is 20.9. The van der Waals surface area contributed by atoms with Crippen LogP contribution in [-0.4, -0.2) is 96.2 Å². The number of rotatable bonds is 10. The molecule has 320 valence electrons. The molecule has 1 saturated carbocycles. The van der Waals surface area contributed by atoms with Gasteiger partial charge in [-0.05, 0) is 109 Å². The summed E-state index contributed by atoms with van der Waals surface area (Å²) in [7, 11) is 1.77. The number of carbonyl (C=O) groups is 4. The van der Waals surface area contributed by atoms with E-state index in [1.807, 2.05) is 23.1 Å². The average molecular weight is 850 g/mol. The Bertz CT molecular complexity index is 2240. The van der Waals surface area contributed by atoms with Gasteiger partial charge < -0.3 is 15.0 Å². The molecule has 7 rings (SSSR count). The molecule has 5 heterocycles. The predicted molar refractivity (Wildman–Crippen MR) is 219 cm³/mol. The summed E-state index contributed by atoms with van der Waals surface area (Å²) >= 11 is 5.74. The molecule has 0 spiro atoms. The second kappa shape index (κ2) is 16.8. The monoisotopic (exact) mass is 849 g/mol. The number of nitrogens with one attached hydrogen (secondary N) is 2. The van der Waals surface area contributed by atoms with Gasteiger partial charge in [-0.2, -0.15) is 23.5 Å². The van der Waals surface area contributed by atoms with Crippen LogP contribution in [0.5, 0.6) is 0 Å². The van der Waals surface area contributed by atoms with Crippen molar-refractivity contribution in [2.75, 3.05) is 23.4 Å². The minimum atomic E-state index is -4.82. The number of carbonyl (C=O) groups excluding carboxylic acids is 4. The lowest BCUT2D eigenvalue weighted by atomic mass is 9.82. The summed E-state index contributed by atoms with van der Waals surface area (Å²) < 4.78 is 49.3. The number of aromatic nitrogens is 3. The number of ether oxygens (including phenoxy) is 1. The number of amides is 4. The number of likely N-dealkylation sites (tertiary alicyclic amines) is 1. The summed E-state index contributed by atoms with van der Waals surface area (Å²) in [5.74, 6) is -1.38. The number of nitrogens with zero attached hydrogens (tertiary/aromatic N) is 7. The summed E-state index contributed by atoms with van der Waals surface area (Å²) in [6, 6.07) is 7.89. The molecule has 0 radical (unpaired) electrons. The van der Waals surface area contributed by atoms with E-state index in [0.717, 1.165) is 67.5 Å². The number of hydrogen-bond donors (Lipinski definition) is 2. The van der Waals surface area contributed by atoms with Gasteiger partial charge in [0.2, 0.25) is 17.7 Å². The van der Waals surface area contributed by atoms with Gasteiger partial charge in [0.25, 0.3) is 5.91 Å². The van der Waals surface area contributed by atoms with Crippen LogP contribution < -0.4 is 15.5 Å². The topological polar surface area (TPSA) is 166 Å². The van der Waals surface area contributed by atoms with Gasteiger partial charge in [-0.3, -0.25) is 39.0 Å². The third-order valence-corrected chi connectivity index (χ3v) is 13.1. The van der Waals surface area contributed by atoms with E-state index < -0.39 is 34.8 Å². The lowest BCUT2D eigenvalue weighted by molar-refractivity contribution is -0.138. The van der Waals surface area contributed by atoms with Crippen molar-refractivity contribution >= 4 is 63.2 Å². The average Bonchev–Trinajstić information content (AvgIpc) is 3.61. The molecule has 1 unspecified atom stereocenters. The van der Waals surface area contributed by atoms with E-state index in [-0.39, 0.29) is 65.7 Å². The van der Waals surface area contributed by atoms with Crippen molar-refractivity contribution < 1.29 is 37.1 Å². The maximum Gasteiger partial charge on any atom is 0.419 e. The Morgan fingerprint density at radius 2 is 1.80 bits per heavy atom. The van der Waals surface area contributed by atoms with Gasteiger partial charge >= 0.3 is 6.18 Å². The van der Waals surface area contributed by atoms with Crippen molar-refractivity contribution in [3.8, 4) is 6.07 Å². The highest BCUT2D eigenvalue weighted by Crippen LogP contribution is 2.41. The minimum absolute atomic E-state index is 0.0499. The number of fused-ring (bicyclic) bond motifs is 1. The fourth-order valence-corrected chi connectivity index (χ4v) is 10.2. The molecule has 3 aliphatic heterocycles. The Balaban J connectivity index is 0.884. The number of thiocarbonyl (C=S) groups is 1. The lowest BCUT2D eigenvalue weighted by Crippen LogP contribution is -2.51. The first-order valence-electron chi connectivity index (χ1n) is 20.5. The van der Waals surface area contributed by atoms with Crippen LogP contribution in [0.4, 0.5) is 24.5 Å². The molecule has 4 aliphatic rings. The third kappa shape index (κ3) is 8.35. The SMILES string of the molecule is C[C@@H]1C[C@H](OCC[C@H]2CC[C@H](N3C(=S)N(c4cnc(C#N)c(C(F)(F)F)c4)C(=O)C3(C)C)CC2)C[C@H](C)N1CC(=O)Nc1cccc2c(C3CCC(=O)NC3=O)nn(C)c12. The van der Waals surface area contributed by atoms with Gasteiger partial charge in [0.05, 0.1) is 52.9 Å². The highest BCUT2D eigenvalue weighted by molar-refractivity contribution is 7.80.